The summed E-state index contributed by atoms with van der Waals surface area (Å²) in [7, 11) is 1.55. The van der Waals surface area contributed by atoms with Gasteiger partial charge in [0, 0.05) is 55.6 Å². The molecule has 3 aromatic rings. The monoisotopic (exact) mass is 544 g/mol. The van der Waals surface area contributed by atoms with Gasteiger partial charge in [-0.1, -0.05) is 6.07 Å². The van der Waals surface area contributed by atoms with Crippen LogP contribution in [0.5, 0.6) is 17.2 Å². The Morgan fingerprint density at radius 3 is 2.75 bits per heavy atom. The van der Waals surface area contributed by atoms with Crippen LogP contribution in [-0.2, 0) is 11.3 Å². The summed E-state index contributed by atoms with van der Waals surface area (Å²) < 4.78 is 17.7. The lowest BCUT2D eigenvalue weighted by Crippen LogP contribution is -2.58. The highest BCUT2D eigenvalue weighted by molar-refractivity contribution is 5.96. The first kappa shape index (κ1) is 27.0. The molecule has 0 saturated carbocycles. The maximum Gasteiger partial charge on any atom is 0.258 e. The number of nitrogens with one attached hydrogen (secondary N) is 2. The van der Waals surface area contributed by atoms with Crippen molar-refractivity contribution in [2.45, 2.75) is 39.0 Å². The lowest BCUT2D eigenvalue weighted by Gasteiger charge is -2.39. The van der Waals surface area contributed by atoms with Crippen molar-refractivity contribution in [3.63, 3.8) is 0 Å². The van der Waals surface area contributed by atoms with Crippen LogP contribution in [0.2, 0.25) is 0 Å². The van der Waals surface area contributed by atoms with Gasteiger partial charge in [0.2, 0.25) is 0 Å². The Morgan fingerprint density at radius 2 is 1.95 bits per heavy atom. The second-order valence-corrected chi connectivity index (χ2v) is 10.0. The van der Waals surface area contributed by atoms with Crippen LogP contribution < -0.4 is 24.8 Å². The van der Waals surface area contributed by atoms with Gasteiger partial charge in [0.05, 0.1) is 18.7 Å². The maximum absolute atomic E-state index is 13.4. The molecule has 208 valence electrons. The van der Waals surface area contributed by atoms with E-state index in [1.807, 2.05) is 19.9 Å². The number of likely N-dealkylation sites (tertiary alicyclic amines) is 1. The number of carbonyl (C=O) groups excluding carboxylic acids is 3. The third-order valence-electron chi connectivity index (χ3n) is 7.11. The zero-order valence-corrected chi connectivity index (χ0v) is 22.7. The molecule has 2 atom stereocenters. The second kappa shape index (κ2) is 11.6. The number of fused-ring (bicyclic) bond motifs is 7. The van der Waals surface area contributed by atoms with E-state index in [1.165, 1.54) is 0 Å². The fraction of sp³-hybridized carbons (Fsp3) is 0.333. The number of aryl methyl sites for hydroxylation is 2. The summed E-state index contributed by atoms with van der Waals surface area (Å²) in [5.41, 5.74) is 3.34. The third kappa shape index (κ3) is 6.01. The van der Waals surface area contributed by atoms with E-state index in [0.29, 0.717) is 41.3 Å². The minimum absolute atomic E-state index is 0.151. The van der Waals surface area contributed by atoms with Crippen molar-refractivity contribution in [2.24, 2.45) is 0 Å². The van der Waals surface area contributed by atoms with Gasteiger partial charge in [-0.25, -0.2) is 0 Å². The minimum atomic E-state index is -0.502. The molecule has 1 saturated heterocycles. The topological polar surface area (TPSA) is 119 Å². The molecule has 10 nitrogen and oxygen atoms in total. The SMILES string of the molecule is COc1cc2ccc1CNC(=O)COc1cc(ccc1C)C(=O)N[C@H]1CN(C(=O)c3cncc(C)c3)CC[C@H]1O2. The number of nitrogens with zero attached hydrogens (tertiary/aromatic N) is 2. The van der Waals surface area contributed by atoms with Crippen molar-refractivity contribution < 1.29 is 28.6 Å². The Kier molecular flexibility index (Phi) is 7.86. The number of piperidine rings is 1. The van der Waals surface area contributed by atoms with Crippen LogP contribution in [0, 0.1) is 13.8 Å². The number of benzene rings is 2. The highest BCUT2D eigenvalue weighted by Gasteiger charge is 2.35. The average molecular weight is 545 g/mol. The number of hydrogen-bond acceptors (Lipinski definition) is 7. The molecule has 4 bridgehead atoms. The molecule has 40 heavy (non-hydrogen) atoms. The molecule has 0 radical (unpaired) electrons. The Balaban J connectivity index is 1.47. The molecular formula is C30H32N4O6. The predicted molar refractivity (Wildman–Crippen MR) is 147 cm³/mol. The Bertz CT molecular complexity index is 1440. The third-order valence-corrected chi connectivity index (χ3v) is 7.11. The molecule has 2 aromatic carbocycles. The molecular weight excluding hydrogens is 512 g/mol. The smallest absolute Gasteiger partial charge is 0.258 e. The summed E-state index contributed by atoms with van der Waals surface area (Å²) >= 11 is 0. The van der Waals surface area contributed by atoms with Crippen LogP contribution in [0.15, 0.2) is 54.9 Å². The number of pyridine rings is 1. The molecule has 3 amide bonds. The fourth-order valence-corrected chi connectivity index (χ4v) is 4.90. The van der Waals surface area contributed by atoms with Gasteiger partial charge in [-0.3, -0.25) is 19.4 Å². The van der Waals surface area contributed by atoms with E-state index < -0.39 is 12.1 Å². The zero-order chi connectivity index (χ0) is 28.2. The Labute approximate surface area is 232 Å². The quantitative estimate of drug-likeness (QED) is 0.509. The molecule has 3 aliphatic rings. The van der Waals surface area contributed by atoms with Crippen molar-refractivity contribution in [1.82, 2.24) is 20.5 Å². The minimum Gasteiger partial charge on any atom is -0.496 e. The molecule has 3 aliphatic heterocycles. The molecule has 0 spiro atoms. The van der Waals surface area contributed by atoms with Crippen LogP contribution >= 0.6 is 0 Å². The number of carbonyl (C=O) groups is 3. The van der Waals surface area contributed by atoms with Crippen molar-refractivity contribution in [3.8, 4) is 17.2 Å². The molecule has 1 fully saturated rings. The van der Waals surface area contributed by atoms with Gasteiger partial charge in [-0.15, -0.1) is 0 Å². The number of amides is 3. The zero-order valence-electron chi connectivity index (χ0n) is 22.7. The van der Waals surface area contributed by atoms with Gasteiger partial charge in [0.15, 0.2) is 6.61 Å². The number of hydrogen-bond donors (Lipinski definition) is 2. The standard InChI is InChI=1S/C30H32N4O6/c1-18-10-22(14-31-13-18)30(37)34-9-8-25-24(16-34)33-29(36)20-5-4-19(2)26(11-20)39-17-28(35)32-15-21-6-7-23(40-25)12-27(21)38-3/h4-7,10-14,24-25H,8-9,15-17H2,1-3H3,(H,32,35)(H,33,36)/t24-,25+/m0/s1. The molecule has 2 N–H and O–H groups in total. The van der Waals surface area contributed by atoms with Gasteiger partial charge >= 0.3 is 0 Å². The Morgan fingerprint density at radius 1 is 1.10 bits per heavy atom. The number of methoxy groups -OCH3 is 1. The van der Waals surface area contributed by atoms with E-state index in [-0.39, 0.29) is 37.4 Å². The average Bonchev–Trinajstić information content (AvgIpc) is 2.96. The van der Waals surface area contributed by atoms with E-state index in [2.05, 4.69) is 15.6 Å². The summed E-state index contributed by atoms with van der Waals surface area (Å²) in [6.45, 7) is 4.49. The first-order valence-corrected chi connectivity index (χ1v) is 13.2. The molecule has 10 heteroatoms. The van der Waals surface area contributed by atoms with Gasteiger partial charge in [-0.2, -0.15) is 0 Å². The van der Waals surface area contributed by atoms with Crippen LogP contribution in [0.3, 0.4) is 0 Å². The highest BCUT2D eigenvalue weighted by Crippen LogP contribution is 2.28. The van der Waals surface area contributed by atoms with Gasteiger partial charge in [0.1, 0.15) is 23.4 Å². The number of ether oxygens (including phenoxy) is 3. The first-order valence-electron chi connectivity index (χ1n) is 13.2. The molecule has 6 rings (SSSR count). The van der Waals surface area contributed by atoms with Gasteiger partial charge in [0.25, 0.3) is 17.7 Å². The normalized spacial score (nSPS) is 19.3. The second-order valence-electron chi connectivity index (χ2n) is 10.0. The molecule has 0 aliphatic carbocycles. The van der Waals surface area contributed by atoms with E-state index in [9.17, 15) is 14.4 Å². The largest absolute Gasteiger partial charge is 0.496 e. The maximum atomic E-state index is 13.4. The van der Waals surface area contributed by atoms with Gasteiger partial charge < -0.3 is 29.7 Å². The molecule has 4 heterocycles. The predicted octanol–water partition coefficient (Wildman–Crippen LogP) is 2.81. The van der Waals surface area contributed by atoms with E-state index in [0.717, 1.165) is 16.7 Å². The molecule has 0 unspecified atom stereocenters. The van der Waals surface area contributed by atoms with Crippen LogP contribution in [0.1, 0.15) is 43.8 Å². The van der Waals surface area contributed by atoms with Crippen LogP contribution in [-0.4, -0.2) is 66.6 Å². The Hall–Kier alpha value is -4.60. The van der Waals surface area contributed by atoms with Crippen molar-refractivity contribution in [2.75, 3.05) is 26.8 Å². The van der Waals surface area contributed by atoms with E-state index in [4.69, 9.17) is 14.2 Å². The lowest BCUT2D eigenvalue weighted by atomic mass is 9.99. The van der Waals surface area contributed by atoms with E-state index >= 15 is 0 Å². The number of rotatable bonds is 2. The first-order chi connectivity index (χ1) is 19.3. The fourth-order valence-electron chi connectivity index (χ4n) is 4.90. The summed E-state index contributed by atoms with van der Waals surface area (Å²) in [5, 5.41) is 5.91. The van der Waals surface area contributed by atoms with Crippen molar-refractivity contribution in [3.05, 3.63) is 82.7 Å². The summed E-state index contributed by atoms with van der Waals surface area (Å²) in [4.78, 5) is 45.1. The summed E-state index contributed by atoms with van der Waals surface area (Å²) in [6, 6.07) is 11.8. The highest BCUT2D eigenvalue weighted by atomic mass is 16.5. The lowest BCUT2D eigenvalue weighted by molar-refractivity contribution is -0.123. The molecule has 1 aromatic heterocycles. The number of aromatic nitrogens is 1. The summed E-state index contributed by atoms with van der Waals surface area (Å²) in [6.07, 6.45) is 3.35. The van der Waals surface area contributed by atoms with E-state index in [1.54, 1.807) is 60.8 Å². The summed E-state index contributed by atoms with van der Waals surface area (Å²) in [5.74, 6) is 0.766. The van der Waals surface area contributed by atoms with Crippen molar-refractivity contribution in [1.29, 1.82) is 0 Å². The van der Waals surface area contributed by atoms with Crippen LogP contribution in [0.4, 0.5) is 0 Å². The van der Waals surface area contributed by atoms with Crippen LogP contribution in [0.25, 0.3) is 0 Å². The van der Waals surface area contributed by atoms with Gasteiger partial charge in [-0.05, 0) is 55.3 Å². The van der Waals surface area contributed by atoms with Crippen molar-refractivity contribution >= 4 is 17.7 Å².